The smallest absolute Gasteiger partial charge is 0.287 e. The highest BCUT2D eigenvalue weighted by atomic mass is 19.3. The number of nitrogens with two attached hydrogens (primary N) is 1. The van der Waals surface area contributed by atoms with Crippen molar-refractivity contribution in [2.24, 2.45) is 11.7 Å². The average Bonchev–Trinajstić information content (AvgIpc) is 2.13. The van der Waals surface area contributed by atoms with Gasteiger partial charge in [-0.1, -0.05) is 6.92 Å². The highest BCUT2D eigenvalue weighted by Crippen LogP contribution is 2.10. The van der Waals surface area contributed by atoms with Gasteiger partial charge in [-0.3, -0.25) is 4.79 Å². The molecular weight excluding hydrogens is 194 g/mol. The van der Waals surface area contributed by atoms with Gasteiger partial charge in [-0.25, -0.2) is 8.78 Å². The largest absolute Gasteiger partial charge is 0.390 e. The van der Waals surface area contributed by atoms with E-state index in [2.05, 4.69) is 0 Å². The van der Waals surface area contributed by atoms with Gasteiger partial charge in [0.1, 0.15) is 6.61 Å². The van der Waals surface area contributed by atoms with Crippen molar-refractivity contribution in [3.05, 3.63) is 0 Å². The van der Waals surface area contributed by atoms with E-state index in [9.17, 15) is 13.6 Å². The van der Waals surface area contributed by atoms with Gasteiger partial charge in [-0.15, -0.1) is 0 Å². The molecule has 0 rings (SSSR count). The van der Waals surface area contributed by atoms with Gasteiger partial charge in [-0.05, 0) is 6.92 Å². The number of halogens is 2. The Balaban J connectivity index is 3.97. The van der Waals surface area contributed by atoms with Crippen molar-refractivity contribution in [1.82, 2.24) is 5.32 Å². The predicted octanol–water partition coefficient (Wildman–Crippen LogP) is -0.287. The van der Waals surface area contributed by atoms with Gasteiger partial charge in [0.2, 0.25) is 5.91 Å². The second kappa shape index (κ2) is 5.21. The Labute approximate surface area is 81.5 Å². The summed E-state index contributed by atoms with van der Waals surface area (Å²) in [5.74, 6) is -4.33. The first-order valence-corrected chi connectivity index (χ1v) is 4.32. The van der Waals surface area contributed by atoms with Gasteiger partial charge in [0, 0.05) is 12.0 Å². The minimum atomic E-state index is -3.27. The van der Waals surface area contributed by atoms with E-state index in [0.717, 1.165) is 0 Å². The Kier molecular flexibility index (Phi) is 4.93. The molecule has 0 fully saturated rings. The van der Waals surface area contributed by atoms with Crippen molar-refractivity contribution in [3.63, 3.8) is 0 Å². The zero-order valence-corrected chi connectivity index (χ0v) is 8.26. The third-order valence-corrected chi connectivity index (χ3v) is 1.95. The van der Waals surface area contributed by atoms with E-state index in [-0.39, 0.29) is 0 Å². The fraction of sp³-hybridized carbons (Fsp3) is 0.875. The normalized spacial score (nSPS) is 16.1. The van der Waals surface area contributed by atoms with Crippen molar-refractivity contribution >= 4 is 5.91 Å². The van der Waals surface area contributed by atoms with Crippen LogP contribution in [0.15, 0.2) is 0 Å². The summed E-state index contributed by atoms with van der Waals surface area (Å²) in [6, 6.07) is -0.391. The number of carbonyl (C=O) groups excluding carboxylic acids is 1. The zero-order valence-electron chi connectivity index (χ0n) is 8.26. The number of amides is 1. The molecule has 0 radical (unpaired) electrons. The van der Waals surface area contributed by atoms with Crippen LogP contribution in [0.25, 0.3) is 0 Å². The molecule has 2 unspecified atom stereocenters. The standard InChI is InChI=1S/C8H16F2N2O2/c1-5(6(2)11)7(14)12-3-8(9,10)4-13/h5-6,13H,3-4,11H2,1-2H3,(H,12,14). The highest BCUT2D eigenvalue weighted by molar-refractivity contribution is 5.78. The number of alkyl halides is 2. The molecule has 0 bridgehead atoms. The molecule has 84 valence electrons. The van der Waals surface area contributed by atoms with Gasteiger partial charge in [-0.2, -0.15) is 0 Å². The summed E-state index contributed by atoms with van der Waals surface area (Å²) in [5, 5.41) is 10.3. The minimum absolute atomic E-state index is 0.391. The molecule has 2 atom stereocenters. The fourth-order valence-electron chi connectivity index (χ4n) is 0.672. The highest BCUT2D eigenvalue weighted by Gasteiger charge is 2.29. The van der Waals surface area contributed by atoms with Crippen molar-refractivity contribution in [3.8, 4) is 0 Å². The van der Waals surface area contributed by atoms with E-state index >= 15 is 0 Å². The quantitative estimate of drug-likeness (QED) is 0.584. The Hall–Kier alpha value is -0.750. The maximum absolute atomic E-state index is 12.5. The molecule has 14 heavy (non-hydrogen) atoms. The number of hydrogen-bond acceptors (Lipinski definition) is 3. The summed E-state index contributed by atoms with van der Waals surface area (Å²) >= 11 is 0. The molecule has 4 N–H and O–H groups in total. The molecule has 0 aliphatic carbocycles. The molecular formula is C8H16F2N2O2. The predicted molar refractivity (Wildman–Crippen MR) is 47.9 cm³/mol. The summed E-state index contributed by atoms with van der Waals surface area (Å²) in [6.45, 7) is 1.03. The lowest BCUT2D eigenvalue weighted by Crippen LogP contribution is -2.44. The lowest BCUT2D eigenvalue weighted by Gasteiger charge is -2.18. The second-order valence-corrected chi connectivity index (χ2v) is 3.38. The number of aliphatic hydroxyl groups excluding tert-OH is 1. The van der Waals surface area contributed by atoms with Crippen LogP contribution in [0.2, 0.25) is 0 Å². The lowest BCUT2D eigenvalue weighted by molar-refractivity contribution is -0.127. The van der Waals surface area contributed by atoms with Crippen LogP contribution in [-0.4, -0.2) is 36.1 Å². The second-order valence-electron chi connectivity index (χ2n) is 3.38. The summed E-state index contributed by atoms with van der Waals surface area (Å²) in [4.78, 5) is 11.1. The first kappa shape index (κ1) is 13.2. The Morgan fingerprint density at radius 2 is 2.07 bits per heavy atom. The third kappa shape index (κ3) is 4.48. The molecule has 0 aliphatic rings. The number of nitrogens with one attached hydrogen (secondary N) is 1. The summed E-state index contributed by atoms with van der Waals surface area (Å²) < 4.78 is 25.0. The van der Waals surface area contributed by atoms with E-state index in [4.69, 9.17) is 10.8 Å². The maximum atomic E-state index is 12.5. The number of carbonyl (C=O) groups is 1. The van der Waals surface area contributed by atoms with Crippen LogP contribution in [-0.2, 0) is 4.79 Å². The topological polar surface area (TPSA) is 75.4 Å². The number of hydrogen-bond donors (Lipinski definition) is 3. The van der Waals surface area contributed by atoms with Crippen molar-refractivity contribution in [2.45, 2.75) is 25.8 Å². The summed E-state index contributed by atoms with van der Waals surface area (Å²) in [5.41, 5.74) is 5.41. The van der Waals surface area contributed by atoms with E-state index < -0.39 is 36.9 Å². The van der Waals surface area contributed by atoms with Gasteiger partial charge in [0.15, 0.2) is 0 Å². The molecule has 0 heterocycles. The molecule has 0 aromatic carbocycles. The average molecular weight is 210 g/mol. The number of aliphatic hydroxyl groups is 1. The van der Waals surface area contributed by atoms with Crippen LogP contribution < -0.4 is 11.1 Å². The SMILES string of the molecule is CC(N)C(C)C(=O)NCC(F)(F)CO. The number of rotatable bonds is 5. The Morgan fingerprint density at radius 1 is 1.57 bits per heavy atom. The summed E-state index contributed by atoms with van der Waals surface area (Å²) in [7, 11) is 0. The zero-order chi connectivity index (χ0) is 11.4. The molecule has 0 saturated heterocycles. The Morgan fingerprint density at radius 3 is 2.43 bits per heavy atom. The van der Waals surface area contributed by atoms with Crippen LogP contribution in [0.4, 0.5) is 8.78 Å². The van der Waals surface area contributed by atoms with Crippen molar-refractivity contribution in [2.75, 3.05) is 13.2 Å². The molecule has 1 amide bonds. The van der Waals surface area contributed by atoms with Crippen LogP contribution in [0.3, 0.4) is 0 Å². The Bertz CT molecular complexity index is 198. The summed E-state index contributed by atoms with van der Waals surface area (Å²) in [6.07, 6.45) is 0. The van der Waals surface area contributed by atoms with E-state index in [1.54, 1.807) is 13.8 Å². The first-order valence-electron chi connectivity index (χ1n) is 4.32. The fourth-order valence-corrected chi connectivity index (χ4v) is 0.672. The maximum Gasteiger partial charge on any atom is 0.287 e. The van der Waals surface area contributed by atoms with Crippen molar-refractivity contribution in [1.29, 1.82) is 0 Å². The van der Waals surface area contributed by atoms with Gasteiger partial charge < -0.3 is 16.2 Å². The molecule has 4 nitrogen and oxygen atoms in total. The monoisotopic (exact) mass is 210 g/mol. The lowest BCUT2D eigenvalue weighted by atomic mass is 10.0. The van der Waals surface area contributed by atoms with Gasteiger partial charge in [0.05, 0.1) is 6.54 Å². The first-order chi connectivity index (χ1) is 6.30. The molecule has 0 aliphatic heterocycles. The van der Waals surface area contributed by atoms with E-state index in [1.807, 2.05) is 5.32 Å². The molecule has 0 aromatic rings. The van der Waals surface area contributed by atoms with Gasteiger partial charge in [0.25, 0.3) is 5.92 Å². The van der Waals surface area contributed by atoms with Crippen LogP contribution >= 0.6 is 0 Å². The van der Waals surface area contributed by atoms with E-state index in [1.165, 1.54) is 0 Å². The van der Waals surface area contributed by atoms with E-state index in [0.29, 0.717) is 0 Å². The van der Waals surface area contributed by atoms with Crippen LogP contribution in [0, 0.1) is 5.92 Å². The molecule has 0 saturated carbocycles. The molecule has 6 heteroatoms. The van der Waals surface area contributed by atoms with Gasteiger partial charge >= 0.3 is 0 Å². The van der Waals surface area contributed by atoms with Crippen molar-refractivity contribution < 1.29 is 18.7 Å². The molecule has 0 aromatic heterocycles. The third-order valence-electron chi connectivity index (χ3n) is 1.95. The van der Waals surface area contributed by atoms with Crippen LogP contribution in [0.5, 0.6) is 0 Å². The molecule has 0 spiro atoms. The minimum Gasteiger partial charge on any atom is -0.390 e. The van der Waals surface area contributed by atoms with Crippen LogP contribution in [0.1, 0.15) is 13.8 Å².